The van der Waals surface area contributed by atoms with Crippen LogP contribution in [0.15, 0.2) is 48.9 Å². The van der Waals surface area contributed by atoms with Gasteiger partial charge in [-0.1, -0.05) is 12.1 Å². The fourth-order valence-corrected chi connectivity index (χ4v) is 4.94. The van der Waals surface area contributed by atoms with Crippen LogP contribution in [0.1, 0.15) is 35.8 Å². The Kier molecular flexibility index (Phi) is 9.78. The van der Waals surface area contributed by atoms with Crippen molar-refractivity contribution >= 4 is 23.5 Å². The summed E-state index contributed by atoms with van der Waals surface area (Å²) in [4.78, 5) is 51.8. The van der Waals surface area contributed by atoms with Gasteiger partial charge >= 0.3 is 0 Å². The van der Waals surface area contributed by atoms with E-state index in [0.29, 0.717) is 31.7 Å². The van der Waals surface area contributed by atoms with Crippen molar-refractivity contribution < 1.29 is 23.5 Å². The largest absolute Gasteiger partial charge is 0.379 e. The number of rotatable bonds is 12. The maximum Gasteiger partial charge on any atom is 0.274 e. The van der Waals surface area contributed by atoms with Crippen LogP contribution in [0.3, 0.4) is 0 Å². The molecule has 2 N–H and O–H groups in total. The van der Waals surface area contributed by atoms with E-state index >= 15 is 0 Å². The second kappa shape index (κ2) is 13.4. The summed E-state index contributed by atoms with van der Waals surface area (Å²) in [6.07, 6.45) is 6.45. The second-order valence-electron chi connectivity index (χ2n) is 9.92. The summed E-state index contributed by atoms with van der Waals surface area (Å²) in [5.74, 6) is -0.747. The van der Waals surface area contributed by atoms with Crippen LogP contribution in [0.4, 0.5) is 4.39 Å². The fraction of sp³-hybridized carbons (Fsp3) is 0.464. The number of ether oxygens (including phenoxy) is 1. The van der Waals surface area contributed by atoms with E-state index in [1.54, 1.807) is 65.0 Å². The molecule has 4 rings (SSSR count). The number of methoxy groups -OCH3 is 1. The van der Waals surface area contributed by atoms with Crippen molar-refractivity contribution in [3.05, 3.63) is 66.0 Å². The van der Waals surface area contributed by atoms with E-state index in [9.17, 15) is 18.8 Å². The molecule has 1 aliphatic rings. The van der Waals surface area contributed by atoms with Crippen LogP contribution in [0.5, 0.6) is 0 Å². The van der Waals surface area contributed by atoms with E-state index < -0.39 is 12.1 Å². The number of imidazole rings is 1. The van der Waals surface area contributed by atoms with Gasteiger partial charge in [-0.3, -0.25) is 18.8 Å². The van der Waals surface area contributed by atoms with Crippen LogP contribution in [-0.2, 0) is 20.7 Å². The minimum Gasteiger partial charge on any atom is -0.379 e. The van der Waals surface area contributed by atoms with Gasteiger partial charge in [0.15, 0.2) is 0 Å². The van der Waals surface area contributed by atoms with E-state index in [1.165, 1.54) is 19.2 Å². The van der Waals surface area contributed by atoms with Gasteiger partial charge in [0.05, 0.1) is 12.6 Å². The van der Waals surface area contributed by atoms with Crippen molar-refractivity contribution in [2.24, 2.45) is 0 Å². The number of halogens is 1. The van der Waals surface area contributed by atoms with Gasteiger partial charge in [0, 0.05) is 51.4 Å². The van der Waals surface area contributed by atoms with Crippen LogP contribution in [-0.4, -0.2) is 100 Å². The van der Waals surface area contributed by atoms with E-state index in [2.05, 4.69) is 20.6 Å². The number of nitrogens with zero attached hydrogens (tertiary/aromatic N) is 5. The molecule has 1 saturated heterocycles. The van der Waals surface area contributed by atoms with Crippen molar-refractivity contribution in [3.63, 3.8) is 0 Å². The zero-order valence-electron chi connectivity index (χ0n) is 23.0. The molecule has 3 amide bonds. The number of benzene rings is 1. The number of hydrogen-bond donors (Lipinski definition) is 2. The number of carbonyl (C=O) groups is 3. The molecule has 2 aromatic heterocycles. The molecule has 0 saturated carbocycles. The molecule has 3 unspecified atom stereocenters. The van der Waals surface area contributed by atoms with E-state index in [-0.39, 0.29) is 48.4 Å². The third kappa shape index (κ3) is 6.99. The van der Waals surface area contributed by atoms with E-state index in [0.717, 1.165) is 12.0 Å². The quantitative estimate of drug-likeness (QED) is 0.347. The Bertz CT molecular complexity index is 1280. The van der Waals surface area contributed by atoms with Crippen LogP contribution in [0, 0.1) is 5.82 Å². The molecule has 3 atom stereocenters. The number of carbonyl (C=O) groups excluding carboxylic acids is 3. The van der Waals surface area contributed by atoms with Crippen molar-refractivity contribution in [1.29, 1.82) is 0 Å². The van der Waals surface area contributed by atoms with Gasteiger partial charge in [0.2, 0.25) is 17.6 Å². The molecule has 214 valence electrons. The van der Waals surface area contributed by atoms with Crippen LogP contribution >= 0.6 is 0 Å². The Labute approximate surface area is 232 Å². The first-order valence-electron chi connectivity index (χ1n) is 13.4. The average molecular weight is 554 g/mol. The topological polar surface area (TPSA) is 121 Å². The summed E-state index contributed by atoms with van der Waals surface area (Å²) < 4.78 is 20.5. The summed E-state index contributed by atoms with van der Waals surface area (Å²) in [5, 5.41) is 5.57. The molecule has 12 heteroatoms. The van der Waals surface area contributed by atoms with Crippen molar-refractivity contribution in [2.45, 2.75) is 44.4 Å². The lowest BCUT2D eigenvalue weighted by molar-refractivity contribution is -0.140. The number of likely N-dealkylation sites (N-methyl/N-ethyl adjacent to an activating group) is 1. The first-order chi connectivity index (χ1) is 19.3. The van der Waals surface area contributed by atoms with Gasteiger partial charge in [0.1, 0.15) is 17.6 Å². The Morgan fingerprint density at radius 3 is 2.73 bits per heavy atom. The number of likely N-dealkylation sites (tertiary alicyclic amines) is 1. The Hall–Kier alpha value is -3.90. The maximum atomic E-state index is 13.7. The molecular weight excluding hydrogens is 517 g/mol. The first-order valence-corrected chi connectivity index (χ1v) is 13.4. The molecule has 3 aromatic rings. The normalized spacial score (nSPS) is 16.6. The molecule has 0 aliphatic carbocycles. The lowest BCUT2D eigenvalue weighted by Gasteiger charge is -2.34. The van der Waals surface area contributed by atoms with Gasteiger partial charge in [-0.25, -0.2) is 14.4 Å². The van der Waals surface area contributed by atoms with Gasteiger partial charge in [-0.05, 0) is 57.0 Å². The summed E-state index contributed by atoms with van der Waals surface area (Å²) in [6, 6.07) is 6.82. The fourth-order valence-electron chi connectivity index (χ4n) is 4.94. The third-order valence-corrected chi connectivity index (χ3v) is 7.18. The number of amides is 3. The Morgan fingerprint density at radius 2 is 2.02 bits per heavy atom. The van der Waals surface area contributed by atoms with Gasteiger partial charge < -0.3 is 25.2 Å². The molecular formula is C28H36FN7O4. The van der Waals surface area contributed by atoms with E-state index in [4.69, 9.17) is 4.74 Å². The highest BCUT2D eigenvalue weighted by molar-refractivity contribution is 5.93. The molecule has 0 spiro atoms. The smallest absolute Gasteiger partial charge is 0.274 e. The van der Waals surface area contributed by atoms with Crippen molar-refractivity contribution in [2.75, 3.05) is 40.3 Å². The predicted molar refractivity (Wildman–Crippen MR) is 146 cm³/mol. The Balaban J connectivity index is 1.55. The summed E-state index contributed by atoms with van der Waals surface area (Å²) in [6.45, 7) is 2.95. The average Bonchev–Trinajstić information content (AvgIpc) is 3.61. The molecule has 1 aromatic carbocycles. The van der Waals surface area contributed by atoms with Crippen molar-refractivity contribution in [3.8, 4) is 0 Å². The summed E-state index contributed by atoms with van der Waals surface area (Å²) in [7, 11) is 3.15. The van der Waals surface area contributed by atoms with E-state index in [1.807, 2.05) is 0 Å². The van der Waals surface area contributed by atoms with Crippen molar-refractivity contribution in [1.82, 2.24) is 34.8 Å². The zero-order chi connectivity index (χ0) is 28.6. The van der Waals surface area contributed by atoms with Gasteiger partial charge in [0.25, 0.3) is 5.91 Å². The first kappa shape index (κ1) is 29.1. The standard InChI is InChI=1S/C28H36FN7O4/c1-19(40-3)25(33-24(37)16-30-2)27(39)36-14-4-6-22(36)17-34(15-11-20-7-9-21(29)10-8-20)26(38)23-18-35-13-5-12-31-28(35)32-23/h5,7-10,12-13,18-19,22,25,30H,4,6,11,14-17H2,1-3H3,(H,33,37). The van der Waals surface area contributed by atoms with Crippen LogP contribution in [0.25, 0.3) is 5.78 Å². The maximum absolute atomic E-state index is 13.7. The number of nitrogens with one attached hydrogen (secondary N) is 2. The monoisotopic (exact) mass is 553 g/mol. The molecule has 1 fully saturated rings. The minimum absolute atomic E-state index is 0.0726. The SMILES string of the molecule is CNCC(=O)NC(C(=O)N1CCCC1CN(CCc1ccc(F)cc1)C(=O)c1cn2cccnc2n1)C(C)OC. The third-order valence-electron chi connectivity index (χ3n) is 7.18. The molecule has 40 heavy (non-hydrogen) atoms. The highest BCUT2D eigenvalue weighted by atomic mass is 19.1. The molecule has 0 radical (unpaired) electrons. The predicted octanol–water partition coefficient (Wildman–Crippen LogP) is 1.28. The summed E-state index contributed by atoms with van der Waals surface area (Å²) in [5.41, 5.74) is 1.13. The van der Waals surface area contributed by atoms with Crippen LogP contribution < -0.4 is 10.6 Å². The lowest BCUT2D eigenvalue weighted by Crippen LogP contribution is -2.57. The Morgan fingerprint density at radius 1 is 1.25 bits per heavy atom. The highest BCUT2D eigenvalue weighted by Crippen LogP contribution is 2.22. The minimum atomic E-state index is -0.862. The lowest BCUT2D eigenvalue weighted by atomic mass is 10.1. The van der Waals surface area contributed by atoms with Crippen LogP contribution in [0.2, 0.25) is 0 Å². The highest BCUT2D eigenvalue weighted by Gasteiger charge is 2.38. The summed E-state index contributed by atoms with van der Waals surface area (Å²) >= 11 is 0. The van der Waals surface area contributed by atoms with Gasteiger partial charge in [-0.2, -0.15) is 0 Å². The molecule has 0 bridgehead atoms. The second-order valence-corrected chi connectivity index (χ2v) is 9.92. The molecule has 11 nitrogen and oxygen atoms in total. The zero-order valence-corrected chi connectivity index (χ0v) is 23.0. The molecule has 3 heterocycles. The number of fused-ring (bicyclic) bond motifs is 1. The number of aromatic nitrogens is 3. The van der Waals surface area contributed by atoms with Gasteiger partial charge in [-0.15, -0.1) is 0 Å². The number of hydrogen-bond acceptors (Lipinski definition) is 7. The molecule has 1 aliphatic heterocycles.